The van der Waals surface area contributed by atoms with Crippen molar-refractivity contribution < 1.29 is 4.52 Å². The van der Waals surface area contributed by atoms with Crippen LogP contribution in [0.5, 0.6) is 0 Å². The Morgan fingerprint density at radius 3 is 3.14 bits per heavy atom. The molecule has 2 aromatic heterocycles. The van der Waals surface area contributed by atoms with E-state index in [1.165, 1.54) is 0 Å². The van der Waals surface area contributed by atoms with E-state index in [4.69, 9.17) is 4.52 Å². The Morgan fingerprint density at radius 2 is 2.50 bits per heavy atom. The van der Waals surface area contributed by atoms with Gasteiger partial charge in [0.2, 0.25) is 0 Å². The standard InChI is InChI=1S/C8H9BrN4O/c1-10-4-7-12-8(14-13-7)6-2-5(9)3-11-6/h2-3,10-11H,4H2,1H3. The van der Waals surface area contributed by atoms with Crippen molar-refractivity contribution in [2.75, 3.05) is 7.05 Å². The average molecular weight is 257 g/mol. The Balaban J connectivity index is 2.24. The molecule has 0 saturated carbocycles. The average Bonchev–Trinajstić information content (AvgIpc) is 2.74. The molecule has 14 heavy (non-hydrogen) atoms. The number of nitrogens with one attached hydrogen (secondary N) is 2. The van der Waals surface area contributed by atoms with Crippen LogP contribution in [0.1, 0.15) is 5.82 Å². The zero-order chi connectivity index (χ0) is 9.97. The lowest BCUT2D eigenvalue weighted by Gasteiger charge is -1.87. The third-order valence-corrected chi connectivity index (χ3v) is 2.14. The Labute approximate surface area is 89.0 Å². The zero-order valence-corrected chi connectivity index (χ0v) is 9.13. The second-order valence-electron chi connectivity index (χ2n) is 2.78. The lowest BCUT2D eigenvalue weighted by molar-refractivity contribution is 0.419. The predicted molar refractivity (Wildman–Crippen MR) is 54.5 cm³/mol. The van der Waals surface area contributed by atoms with Crippen molar-refractivity contribution in [1.29, 1.82) is 0 Å². The van der Waals surface area contributed by atoms with Crippen LogP contribution in [0.4, 0.5) is 0 Å². The van der Waals surface area contributed by atoms with Gasteiger partial charge >= 0.3 is 0 Å². The monoisotopic (exact) mass is 256 g/mol. The molecule has 0 aliphatic carbocycles. The second kappa shape index (κ2) is 3.93. The fourth-order valence-electron chi connectivity index (χ4n) is 1.08. The van der Waals surface area contributed by atoms with E-state index in [-0.39, 0.29) is 0 Å². The number of halogens is 1. The summed E-state index contributed by atoms with van der Waals surface area (Å²) in [7, 11) is 1.83. The van der Waals surface area contributed by atoms with Crippen LogP contribution in [0.25, 0.3) is 11.6 Å². The molecule has 2 aromatic rings. The fraction of sp³-hybridized carbons (Fsp3) is 0.250. The summed E-state index contributed by atoms with van der Waals surface area (Å²) in [6.07, 6.45) is 1.82. The molecular formula is C8H9BrN4O. The third-order valence-electron chi connectivity index (χ3n) is 1.68. The van der Waals surface area contributed by atoms with Gasteiger partial charge in [0, 0.05) is 10.7 Å². The largest absolute Gasteiger partial charge is 0.356 e. The Morgan fingerprint density at radius 1 is 1.64 bits per heavy atom. The normalized spacial score (nSPS) is 10.7. The van der Waals surface area contributed by atoms with Crippen LogP contribution in [-0.4, -0.2) is 22.2 Å². The van der Waals surface area contributed by atoms with Crippen molar-refractivity contribution in [3.05, 3.63) is 22.6 Å². The van der Waals surface area contributed by atoms with E-state index in [1.807, 2.05) is 19.3 Å². The minimum absolute atomic E-state index is 0.501. The van der Waals surface area contributed by atoms with Crippen molar-refractivity contribution in [3.63, 3.8) is 0 Å². The van der Waals surface area contributed by atoms with Crippen molar-refractivity contribution in [1.82, 2.24) is 20.4 Å². The molecule has 0 radical (unpaired) electrons. The molecule has 0 aliphatic heterocycles. The molecule has 2 N–H and O–H groups in total. The van der Waals surface area contributed by atoms with Crippen LogP contribution < -0.4 is 5.32 Å². The summed E-state index contributed by atoms with van der Waals surface area (Å²) in [6.45, 7) is 0.603. The molecule has 0 atom stereocenters. The highest BCUT2D eigenvalue weighted by atomic mass is 79.9. The summed E-state index contributed by atoms with van der Waals surface area (Å²) >= 11 is 3.33. The van der Waals surface area contributed by atoms with Gasteiger partial charge in [0.05, 0.1) is 6.54 Å². The molecule has 0 aromatic carbocycles. The van der Waals surface area contributed by atoms with Crippen LogP contribution >= 0.6 is 15.9 Å². The number of H-pyrrole nitrogens is 1. The van der Waals surface area contributed by atoms with Crippen molar-refractivity contribution in [2.45, 2.75) is 6.54 Å². The highest BCUT2D eigenvalue weighted by Crippen LogP contribution is 2.19. The van der Waals surface area contributed by atoms with Gasteiger partial charge in [0.1, 0.15) is 5.69 Å². The highest BCUT2D eigenvalue weighted by molar-refractivity contribution is 9.10. The maximum atomic E-state index is 5.06. The lowest BCUT2D eigenvalue weighted by atomic mass is 10.4. The molecule has 74 valence electrons. The maximum Gasteiger partial charge on any atom is 0.274 e. The summed E-state index contributed by atoms with van der Waals surface area (Å²) in [6, 6.07) is 1.89. The first-order chi connectivity index (χ1) is 6.79. The van der Waals surface area contributed by atoms with E-state index in [1.54, 1.807) is 0 Å². The molecular weight excluding hydrogens is 248 g/mol. The number of aromatic amines is 1. The molecule has 0 aliphatic rings. The van der Waals surface area contributed by atoms with Crippen LogP contribution in [-0.2, 0) is 6.54 Å². The van der Waals surface area contributed by atoms with Crippen LogP contribution in [0.3, 0.4) is 0 Å². The van der Waals surface area contributed by atoms with Gasteiger partial charge in [-0.25, -0.2) is 0 Å². The van der Waals surface area contributed by atoms with Gasteiger partial charge < -0.3 is 14.8 Å². The van der Waals surface area contributed by atoms with Crippen LogP contribution in [0, 0.1) is 0 Å². The summed E-state index contributed by atoms with van der Waals surface area (Å²) in [5, 5.41) is 6.76. The number of rotatable bonds is 3. The SMILES string of the molecule is CNCc1noc(-c2cc(Br)c[nH]2)n1. The number of aromatic nitrogens is 3. The lowest BCUT2D eigenvalue weighted by Crippen LogP contribution is -2.06. The minimum Gasteiger partial charge on any atom is -0.356 e. The van der Waals surface area contributed by atoms with Gasteiger partial charge in [0.15, 0.2) is 5.82 Å². The van der Waals surface area contributed by atoms with Crippen molar-refractivity contribution in [2.24, 2.45) is 0 Å². The van der Waals surface area contributed by atoms with Gasteiger partial charge in [-0.05, 0) is 29.0 Å². The van der Waals surface area contributed by atoms with Crippen molar-refractivity contribution in [3.8, 4) is 11.6 Å². The number of hydrogen-bond donors (Lipinski definition) is 2. The molecule has 5 nitrogen and oxygen atoms in total. The summed E-state index contributed by atoms with van der Waals surface area (Å²) < 4.78 is 6.02. The highest BCUT2D eigenvalue weighted by Gasteiger charge is 2.09. The Hall–Kier alpha value is -1.14. The van der Waals surface area contributed by atoms with Crippen LogP contribution in [0.2, 0.25) is 0 Å². The summed E-state index contributed by atoms with van der Waals surface area (Å²) in [5.41, 5.74) is 0.812. The van der Waals surface area contributed by atoms with E-state index in [9.17, 15) is 0 Å². The smallest absolute Gasteiger partial charge is 0.274 e. The van der Waals surface area contributed by atoms with Crippen molar-refractivity contribution >= 4 is 15.9 Å². The summed E-state index contributed by atoms with van der Waals surface area (Å²) in [5.74, 6) is 1.15. The molecule has 0 amide bonds. The molecule has 0 fully saturated rings. The van der Waals surface area contributed by atoms with E-state index >= 15 is 0 Å². The maximum absolute atomic E-state index is 5.06. The third kappa shape index (κ3) is 1.85. The molecule has 0 bridgehead atoms. The molecule has 2 rings (SSSR count). The quantitative estimate of drug-likeness (QED) is 0.875. The molecule has 6 heteroatoms. The summed E-state index contributed by atoms with van der Waals surface area (Å²) in [4.78, 5) is 7.20. The van der Waals surface area contributed by atoms with Crippen LogP contribution in [0.15, 0.2) is 21.3 Å². The van der Waals surface area contributed by atoms with E-state index in [0.717, 1.165) is 10.2 Å². The molecule has 0 unspecified atom stereocenters. The van der Waals surface area contributed by atoms with E-state index < -0.39 is 0 Å². The molecule has 0 spiro atoms. The number of nitrogens with zero attached hydrogens (tertiary/aromatic N) is 2. The first-order valence-corrected chi connectivity index (χ1v) is 4.90. The predicted octanol–water partition coefficient (Wildman–Crippen LogP) is 1.55. The van der Waals surface area contributed by atoms with E-state index in [0.29, 0.717) is 18.3 Å². The zero-order valence-electron chi connectivity index (χ0n) is 7.54. The van der Waals surface area contributed by atoms with Gasteiger partial charge in [-0.15, -0.1) is 0 Å². The first kappa shape index (κ1) is 9.42. The van der Waals surface area contributed by atoms with Gasteiger partial charge in [-0.2, -0.15) is 4.98 Å². The molecule has 2 heterocycles. The fourth-order valence-corrected chi connectivity index (χ4v) is 1.43. The van der Waals surface area contributed by atoms with Gasteiger partial charge in [0.25, 0.3) is 5.89 Å². The minimum atomic E-state index is 0.501. The first-order valence-electron chi connectivity index (χ1n) is 4.11. The van der Waals surface area contributed by atoms with E-state index in [2.05, 4.69) is 36.4 Å². The van der Waals surface area contributed by atoms with Gasteiger partial charge in [-0.1, -0.05) is 5.16 Å². The Kier molecular flexibility index (Phi) is 2.64. The molecule has 0 saturated heterocycles. The Bertz CT molecular complexity index is 422. The number of hydrogen-bond acceptors (Lipinski definition) is 4. The van der Waals surface area contributed by atoms with Gasteiger partial charge in [-0.3, -0.25) is 0 Å². The second-order valence-corrected chi connectivity index (χ2v) is 3.69. The topological polar surface area (TPSA) is 66.7 Å².